The molecule has 2 rings (SSSR count). The smallest absolute Gasteiger partial charge is 0.158 e. The second-order valence-electron chi connectivity index (χ2n) is 5.93. The Morgan fingerprint density at radius 1 is 1.33 bits per heavy atom. The molecule has 118 valence electrons. The second-order valence-corrected chi connectivity index (χ2v) is 5.93. The van der Waals surface area contributed by atoms with Crippen molar-refractivity contribution in [2.45, 2.75) is 53.2 Å². The summed E-state index contributed by atoms with van der Waals surface area (Å²) in [6.07, 6.45) is 2.31. The summed E-state index contributed by atoms with van der Waals surface area (Å²) in [7, 11) is 0. The Balaban J connectivity index is 2.21. The number of ether oxygens (including phenoxy) is 1. The highest BCUT2D eigenvalue weighted by Crippen LogP contribution is 2.28. The van der Waals surface area contributed by atoms with Gasteiger partial charge in [0.1, 0.15) is 18.2 Å². The van der Waals surface area contributed by atoms with Gasteiger partial charge in [-0.25, -0.2) is 9.97 Å². The minimum atomic E-state index is 0.475. The lowest BCUT2D eigenvalue weighted by atomic mass is 10.1. The number of hydrogen-bond donors (Lipinski definition) is 1. The van der Waals surface area contributed by atoms with E-state index in [9.17, 15) is 0 Å². The van der Waals surface area contributed by atoms with Crippen molar-refractivity contribution in [2.24, 2.45) is 5.92 Å². The summed E-state index contributed by atoms with van der Waals surface area (Å²) in [6, 6.07) is 2.61. The Kier molecular flexibility index (Phi) is 5.79. The molecule has 1 saturated heterocycles. The normalized spacial score (nSPS) is 21.8. The van der Waals surface area contributed by atoms with E-state index < -0.39 is 0 Å². The number of nitrogens with one attached hydrogen (secondary N) is 1. The topological polar surface area (TPSA) is 50.3 Å². The molecule has 0 saturated carbocycles. The lowest BCUT2D eigenvalue weighted by molar-refractivity contribution is 0.128. The number of hydrogen-bond acceptors (Lipinski definition) is 5. The van der Waals surface area contributed by atoms with E-state index in [1.165, 1.54) is 6.42 Å². The summed E-state index contributed by atoms with van der Waals surface area (Å²) in [5.74, 6) is 3.41. The van der Waals surface area contributed by atoms with Gasteiger partial charge in [-0.1, -0.05) is 13.8 Å². The predicted octanol–water partition coefficient (Wildman–Crippen LogP) is 3.07. The van der Waals surface area contributed by atoms with Crippen molar-refractivity contribution in [2.75, 3.05) is 29.9 Å². The first-order chi connectivity index (χ1) is 10.1. The molecule has 1 fully saturated rings. The van der Waals surface area contributed by atoms with Crippen LogP contribution in [0.15, 0.2) is 6.07 Å². The number of nitrogens with zero attached hydrogens (tertiary/aromatic N) is 3. The molecule has 2 heterocycles. The van der Waals surface area contributed by atoms with Crippen molar-refractivity contribution in [1.82, 2.24) is 9.97 Å². The molecule has 1 aliphatic rings. The van der Waals surface area contributed by atoms with E-state index in [1.54, 1.807) is 0 Å². The highest BCUT2D eigenvalue weighted by Gasteiger charge is 2.27. The SMILES string of the molecule is CCCNc1cc(N2CC(C)CC2C)nc(COCC)n1. The van der Waals surface area contributed by atoms with Gasteiger partial charge in [0.2, 0.25) is 0 Å². The van der Waals surface area contributed by atoms with Crippen LogP contribution < -0.4 is 10.2 Å². The third kappa shape index (κ3) is 4.30. The van der Waals surface area contributed by atoms with Crippen LogP contribution in [0.2, 0.25) is 0 Å². The summed E-state index contributed by atoms with van der Waals surface area (Å²) >= 11 is 0. The fourth-order valence-electron chi connectivity index (χ4n) is 2.85. The summed E-state index contributed by atoms with van der Waals surface area (Å²) in [5, 5.41) is 3.37. The molecule has 1 aromatic rings. The number of anilines is 2. The molecular formula is C16H28N4O. The molecule has 0 radical (unpaired) electrons. The standard InChI is InChI=1S/C16H28N4O/c1-5-7-17-14-9-16(19-15(18-14)11-21-6-2)20-10-12(3)8-13(20)4/h9,12-13H,5-8,10-11H2,1-4H3,(H,17,18,19). The first kappa shape index (κ1) is 16.0. The molecule has 2 atom stereocenters. The van der Waals surface area contributed by atoms with Crippen molar-refractivity contribution in [3.63, 3.8) is 0 Å². The highest BCUT2D eigenvalue weighted by molar-refractivity contribution is 5.50. The molecule has 0 amide bonds. The predicted molar refractivity (Wildman–Crippen MR) is 86.7 cm³/mol. The average Bonchev–Trinajstić information content (AvgIpc) is 2.81. The van der Waals surface area contributed by atoms with Gasteiger partial charge < -0.3 is 15.0 Å². The summed E-state index contributed by atoms with van der Waals surface area (Å²) in [5.41, 5.74) is 0. The fraction of sp³-hybridized carbons (Fsp3) is 0.750. The van der Waals surface area contributed by atoms with Crippen LogP contribution in [0, 0.1) is 5.92 Å². The van der Waals surface area contributed by atoms with Crippen LogP contribution >= 0.6 is 0 Å². The van der Waals surface area contributed by atoms with Crippen molar-refractivity contribution in [3.8, 4) is 0 Å². The quantitative estimate of drug-likeness (QED) is 0.837. The van der Waals surface area contributed by atoms with Crippen LogP contribution in [0.4, 0.5) is 11.6 Å². The van der Waals surface area contributed by atoms with Gasteiger partial charge in [0.05, 0.1) is 0 Å². The lowest BCUT2D eigenvalue weighted by Crippen LogP contribution is -2.28. The number of rotatable bonds is 7. The lowest BCUT2D eigenvalue weighted by Gasteiger charge is -2.23. The second kappa shape index (κ2) is 7.59. The molecule has 1 N–H and O–H groups in total. The molecule has 2 unspecified atom stereocenters. The van der Waals surface area contributed by atoms with Gasteiger partial charge in [0.15, 0.2) is 5.82 Å². The van der Waals surface area contributed by atoms with E-state index in [1.807, 2.05) is 6.92 Å². The summed E-state index contributed by atoms with van der Waals surface area (Å²) in [6.45, 7) is 11.9. The van der Waals surface area contributed by atoms with Crippen LogP contribution in [0.5, 0.6) is 0 Å². The maximum absolute atomic E-state index is 5.47. The largest absolute Gasteiger partial charge is 0.374 e. The van der Waals surface area contributed by atoms with Gasteiger partial charge in [-0.15, -0.1) is 0 Å². The molecule has 21 heavy (non-hydrogen) atoms. The zero-order valence-electron chi connectivity index (χ0n) is 13.7. The van der Waals surface area contributed by atoms with E-state index in [4.69, 9.17) is 9.72 Å². The summed E-state index contributed by atoms with van der Waals surface area (Å²) < 4.78 is 5.47. The Bertz CT molecular complexity index is 426. The molecule has 5 heteroatoms. The van der Waals surface area contributed by atoms with Crippen LogP contribution in [-0.4, -0.2) is 35.7 Å². The first-order valence-electron chi connectivity index (χ1n) is 8.10. The first-order valence-corrected chi connectivity index (χ1v) is 8.10. The van der Waals surface area contributed by atoms with Gasteiger partial charge in [-0.05, 0) is 32.6 Å². The van der Waals surface area contributed by atoms with Crippen LogP contribution in [0.1, 0.15) is 46.4 Å². The Hall–Kier alpha value is -1.36. The zero-order valence-corrected chi connectivity index (χ0v) is 13.7. The third-order valence-corrected chi connectivity index (χ3v) is 3.83. The van der Waals surface area contributed by atoms with Crippen molar-refractivity contribution in [3.05, 3.63) is 11.9 Å². The van der Waals surface area contributed by atoms with Gasteiger partial charge in [0.25, 0.3) is 0 Å². The van der Waals surface area contributed by atoms with Gasteiger partial charge in [0, 0.05) is 31.8 Å². The van der Waals surface area contributed by atoms with E-state index in [0.29, 0.717) is 19.3 Å². The molecule has 1 aromatic heterocycles. The molecular weight excluding hydrogens is 264 g/mol. The van der Waals surface area contributed by atoms with E-state index in [0.717, 1.165) is 42.9 Å². The Labute approximate surface area is 128 Å². The van der Waals surface area contributed by atoms with Gasteiger partial charge in [-0.3, -0.25) is 0 Å². The van der Waals surface area contributed by atoms with Crippen LogP contribution in [0.3, 0.4) is 0 Å². The van der Waals surface area contributed by atoms with Crippen molar-refractivity contribution >= 4 is 11.6 Å². The minimum absolute atomic E-state index is 0.475. The Morgan fingerprint density at radius 2 is 2.14 bits per heavy atom. The van der Waals surface area contributed by atoms with E-state index in [2.05, 4.69) is 42.0 Å². The molecule has 0 aromatic carbocycles. The van der Waals surface area contributed by atoms with Crippen molar-refractivity contribution < 1.29 is 4.74 Å². The molecule has 0 aliphatic carbocycles. The number of aromatic nitrogens is 2. The molecule has 0 bridgehead atoms. The van der Waals surface area contributed by atoms with Gasteiger partial charge >= 0.3 is 0 Å². The van der Waals surface area contributed by atoms with E-state index in [-0.39, 0.29) is 0 Å². The van der Waals surface area contributed by atoms with Crippen LogP contribution in [0.25, 0.3) is 0 Å². The maximum atomic E-state index is 5.47. The van der Waals surface area contributed by atoms with E-state index >= 15 is 0 Å². The minimum Gasteiger partial charge on any atom is -0.374 e. The third-order valence-electron chi connectivity index (χ3n) is 3.83. The highest BCUT2D eigenvalue weighted by atomic mass is 16.5. The van der Waals surface area contributed by atoms with Gasteiger partial charge in [-0.2, -0.15) is 0 Å². The van der Waals surface area contributed by atoms with Crippen molar-refractivity contribution in [1.29, 1.82) is 0 Å². The fourth-order valence-corrected chi connectivity index (χ4v) is 2.85. The molecule has 0 spiro atoms. The monoisotopic (exact) mass is 292 g/mol. The Morgan fingerprint density at radius 3 is 2.76 bits per heavy atom. The van der Waals surface area contributed by atoms with Crippen LogP contribution in [-0.2, 0) is 11.3 Å². The average molecular weight is 292 g/mol. The molecule has 5 nitrogen and oxygen atoms in total. The maximum Gasteiger partial charge on any atom is 0.158 e. The molecule has 1 aliphatic heterocycles. The summed E-state index contributed by atoms with van der Waals surface area (Å²) in [4.78, 5) is 11.6. The zero-order chi connectivity index (χ0) is 15.2.